The summed E-state index contributed by atoms with van der Waals surface area (Å²) in [6.07, 6.45) is 10.7. The van der Waals surface area contributed by atoms with Crippen LogP contribution >= 0.6 is 0 Å². The molecule has 0 bridgehead atoms. The number of aliphatic imine (C=N–C) groups is 2. The quantitative estimate of drug-likeness (QED) is 0.345. The lowest BCUT2D eigenvalue weighted by Crippen LogP contribution is -1.70. The monoisotopic (exact) mass is 162 g/mol. The fourth-order valence-corrected chi connectivity index (χ4v) is 0.495. The van der Waals surface area contributed by atoms with Crippen LogP contribution in [0.3, 0.4) is 0 Å². The minimum atomic E-state index is 0.693. The van der Waals surface area contributed by atoms with Gasteiger partial charge in [0.1, 0.15) is 6.34 Å². The first-order chi connectivity index (χ1) is 5.81. The van der Waals surface area contributed by atoms with Crippen LogP contribution in [0.4, 0.5) is 0 Å². The first-order valence-electron chi connectivity index (χ1n) is 3.80. The Kier molecular flexibility index (Phi) is 6.74. The molecule has 0 aromatic carbocycles. The van der Waals surface area contributed by atoms with E-state index < -0.39 is 0 Å². The normalized spacial score (nSPS) is 12.8. The van der Waals surface area contributed by atoms with Gasteiger partial charge in [-0.05, 0) is 19.9 Å². The molecule has 0 aliphatic carbocycles. The highest BCUT2D eigenvalue weighted by Gasteiger charge is 1.76. The minimum absolute atomic E-state index is 0.693. The van der Waals surface area contributed by atoms with Gasteiger partial charge in [-0.15, -0.1) is 0 Å². The van der Waals surface area contributed by atoms with Crippen LogP contribution in [0, 0.1) is 0 Å². The summed E-state index contributed by atoms with van der Waals surface area (Å²) in [6, 6.07) is 0. The van der Waals surface area contributed by atoms with Gasteiger partial charge in [0.25, 0.3) is 0 Å². The maximum atomic E-state index is 3.95. The molecule has 0 radical (unpaired) electrons. The molecule has 2 nitrogen and oxygen atoms in total. The Morgan fingerprint density at radius 3 is 2.58 bits per heavy atom. The topological polar surface area (TPSA) is 24.7 Å². The Morgan fingerprint density at radius 1 is 1.25 bits per heavy atom. The number of rotatable bonds is 4. The van der Waals surface area contributed by atoms with E-state index >= 15 is 0 Å². The van der Waals surface area contributed by atoms with Crippen molar-refractivity contribution < 1.29 is 0 Å². The molecule has 0 saturated heterocycles. The lowest BCUT2D eigenvalue weighted by atomic mass is 10.4. The second kappa shape index (κ2) is 7.66. The van der Waals surface area contributed by atoms with Crippen molar-refractivity contribution in [2.45, 2.75) is 13.8 Å². The molecule has 64 valence electrons. The van der Waals surface area contributed by atoms with Crippen LogP contribution < -0.4 is 0 Å². The van der Waals surface area contributed by atoms with Crippen molar-refractivity contribution in [2.24, 2.45) is 9.98 Å². The van der Waals surface area contributed by atoms with E-state index in [2.05, 4.69) is 16.6 Å². The number of nitrogens with zero attached hydrogens (tertiary/aromatic N) is 2. The molecule has 0 heterocycles. The largest absolute Gasteiger partial charge is 0.250 e. The Labute approximate surface area is 73.7 Å². The molecule has 0 aliphatic heterocycles. The summed E-state index contributed by atoms with van der Waals surface area (Å²) < 4.78 is 0. The highest BCUT2D eigenvalue weighted by molar-refractivity contribution is 5.71. The van der Waals surface area contributed by atoms with Crippen molar-refractivity contribution in [1.29, 1.82) is 0 Å². The van der Waals surface area contributed by atoms with Crippen molar-refractivity contribution in [3.8, 4) is 0 Å². The fourth-order valence-electron chi connectivity index (χ4n) is 0.495. The van der Waals surface area contributed by atoms with E-state index in [0.717, 1.165) is 0 Å². The Morgan fingerprint density at radius 2 is 2.00 bits per heavy atom. The SMILES string of the molecule is C=C(/C=C\C=C/C)N=CN=CC. The highest BCUT2D eigenvalue weighted by atomic mass is 14.8. The van der Waals surface area contributed by atoms with Gasteiger partial charge >= 0.3 is 0 Å². The molecule has 0 N–H and O–H groups in total. The van der Waals surface area contributed by atoms with Gasteiger partial charge in [0.05, 0.1) is 5.70 Å². The van der Waals surface area contributed by atoms with Crippen LogP contribution in [-0.4, -0.2) is 12.6 Å². The summed E-state index contributed by atoms with van der Waals surface area (Å²) in [4.78, 5) is 7.76. The molecule has 0 amide bonds. The summed E-state index contributed by atoms with van der Waals surface area (Å²) in [6.45, 7) is 7.50. The van der Waals surface area contributed by atoms with Gasteiger partial charge in [0, 0.05) is 6.21 Å². The third-order valence-corrected chi connectivity index (χ3v) is 1.03. The number of hydrogen-bond acceptors (Lipinski definition) is 1. The number of hydrogen-bond donors (Lipinski definition) is 0. The predicted octanol–water partition coefficient (Wildman–Crippen LogP) is 2.75. The zero-order chi connectivity index (χ0) is 9.23. The van der Waals surface area contributed by atoms with Gasteiger partial charge in [-0.25, -0.2) is 9.98 Å². The van der Waals surface area contributed by atoms with Crippen molar-refractivity contribution >= 4 is 12.6 Å². The fraction of sp³-hybridized carbons (Fsp3) is 0.200. The highest BCUT2D eigenvalue weighted by Crippen LogP contribution is 1.93. The lowest BCUT2D eigenvalue weighted by Gasteiger charge is -1.84. The van der Waals surface area contributed by atoms with Crippen LogP contribution in [0.2, 0.25) is 0 Å². The Hall–Kier alpha value is -1.44. The summed E-state index contributed by atoms with van der Waals surface area (Å²) in [5.41, 5.74) is 0.693. The van der Waals surface area contributed by atoms with Gasteiger partial charge < -0.3 is 0 Å². The first kappa shape index (κ1) is 10.6. The molecular formula is C10H14N2. The van der Waals surface area contributed by atoms with E-state index in [-0.39, 0.29) is 0 Å². The Balaban J connectivity index is 3.89. The molecule has 12 heavy (non-hydrogen) atoms. The van der Waals surface area contributed by atoms with Gasteiger partial charge in [-0.2, -0.15) is 0 Å². The Bertz CT molecular complexity index is 208. The molecule has 0 aromatic rings. The molecule has 0 rings (SSSR count). The smallest absolute Gasteiger partial charge is 0.115 e. The van der Waals surface area contributed by atoms with Gasteiger partial charge in [0.15, 0.2) is 0 Å². The maximum Gasteiger partial charge on any atom is 0.115 e. The van der Waals surface area contributed by atoms with Gasteiger partial charge in [0.2, 0.25) is 0 Å². The van der Waals surface area contributed by atoms with Crippen LogP contribution in [0.1, 0.15) is 13.8 Å². The molecule has 0 spiro atoms. The molecule has 0 unspecified atom stereocenters. The second-order valence-electron chi connectivity index (χ2n) is 2.03. The third-order valence-electron chi connectivity index (χ3n) is 1.03. The average Bonchev–Trinajstić information content (AvgIpc) is 2.06. The van der Waals surface area contributed by atoms with E-state index in [1.165, 1.54) is 6.34 Å². The molecule has 0 fully saturated rings. The van der Waals surface area contributed by atoms with Crippen LogP contribution in [0.5, 0.6) is 0 Å². The van der Waals surface area contributed by atoms with Crippen molar-refractivity contribution in [3.05, 3.63) is 36.6 Å². The van der Waals surface area contributed by atoms with Crippen molar-refractivity contribution in [2.75, 3.05) is 0 Å². The molecule has 0 saturated carbocycles. The van der Waals surface area contributed by atoms with Gasteiger partial charge in [-0.1, -0.05) is 24.8 Å². The third kappa shape index (κ3) is 6.68. The van der Waals surface area contributed by atoms with Gasteiger partial charge in [-0.3, -0.25) is 0 Å². The predicted molar refractivity (Wildman–Crippen MR) is 55.8 cm³/mol. The van der Waals surface area contributed by atoms with Crippen LogP contribution in [0.15, 0.2) is 46.6 Å². The molecule has 2 heteroatoms. The first-order valence-corrected chi connectivity index (χ1v) is 3.80. The molecule has 0 aromatic heterocycles. The van der Waals surface area contributed by atoms with E-state index in [1.54, 1.807) is 6.21 Å². The van der Waals surface area contributed by atoms with E-state index in [1.807, 2.05) is 38.2 Å². The van der Waals surface area contributed by atoms with E-state index in [4.69, 9.17) is 0 Å². The zero-order valence-corrected chi connectivity index (χ0v) is 7.57. The van der Waals surface area contributed by atoms with Crippen LogP contribution in [-0.2, 0) is 0 Å². The maximum absolute atomic E-state index is 3.95. The van der Waals surface area contributed by atoms with Crippen LogP contribution in [0.25, 0.3) is 0 Å². The molecule has 0 atom stereocenters. The summed E-state index contributed by atoms with van der Waals surface area (Å²) in [5, 5.41) is 0. The average molecular weight is 162 g/mol. The minimum Gasteiger partial charge on any atom is -0.250 e. The van der Waals surface area contributed by atoms with E-state index in [0.29, 0.717) is 5.70 Å². The standard InChI is InChI=1S/C10H14N2/c1-4-6-7-8-10(3)12-9-11-5-2/h4-9H,3H2,1-2H3/b6-4-,8-7-,11-5?,12-9?. The molecular weight excluding hydrogens is 148 g/mol. The van der Waals surface area contributed by atoms with E-state index in [9.17, 15) is 0 Å². The second-order valence-corrected chi connectivity index (χ2v) is 2.03. The number of allylic oxidation sites excluding steroid dienone is 4. The lowest BCUT2D eigenvalue weighted by molar-refractivity contribution is 1.43. The van der Waals surface area contributed by atoms with Crippen molar-refractivity contribution in [3.63, 3.8) is 0 Å². The summed E-state index contributed by atoms with van der Waals surface area (Å²) in [5.74, 6) is 0. The zero-order valence-electron chi connectivity index (χ0n) is 7.57. The summed E-state index contributed by atoms with van der Waals surface area (Å²) >= 11 is 0. The molecule has 0 aliphatic rings. The summed E-state index contributed by atoms with van der Waals surface area (Å²) in [7, 11) is 0. The van der Waals surface area contributed by atoms with Crippen molar-refractivity contribution in [1.82, 2.24) is 0 Å².